The van der Waals surface area contributed by atoms with Gasteiger partial charge in [0, 0.05) is 6.21 Å². The highest BCUT2D eigenvalue weighted by Gasteiger charge is 2.26. The number of aliphatic imine (C=N–C) groups is 1. The molecule has 0 aliphatic heterocycles. The molecule has 0 unspecified atom stereocenters. The molecule has 0 aromatic carbocycles. The van der Waals surface area contributed by atoms with Gasteiger partial charge in [0.05, 0.1) is 0 Å². The van der Waals surface area contributed by atoms with E-state index in [2.05, 4.69) is 50.9 Å². The second-order valence-corrected chi connectivity index (χ2v) is 9.52. The molecular weight excluding hydrogens is 358 g/mol. The number of ether oxygens (including phenoxy) is 1. The van der Waals surface area contributed by atoms with E-state index in [1.54, 1.807) is 6.21 Å². The summed E-state index contributed by atoms with van der Waals surface area (Å²) in [5, 5.41) is 0. The Bertz CT molecular complexity index is 750. The number of allylic oxidation sites excluding steroid dienone is 10. The third-order valence-corrected chi connectivity index (χ3v) is 4.86. The summed E-state index contributed by atoms with van der Waals surface area (Å²) in [5.74, 6) is -0.313. The second-order valence-electron chi connectivity index (χ2n) is 9.52. The van der Waals surface area contributed by atoms with Crippen molar-refractivity contribution in [3.63, 3.8) is 0 Å². The molecule has 1 rings (SSSR count). The maximum atomic E-state index is 11.6. The number of carbonyl (C=O) groups is 1. The third kappa shape index (κ3) is 10.3. The first-order valence-electron chi connectivity index (χ1n) is 10.5. The molecule has 160 valence electrons. The van der Waals surface area contributed by atoms with Crippen LogP contribution in [-0.2, 0) is 9.53 Å². The zero-order valence-electron chi connectivity index (χ0n) is 19.6. The van der Waals surface area contributed by atoms with Crippen molar-refractivity contribution in [2.75, 3.05) is 6.54 Å². The molecule has 0 amide bonds. The van der Waals surface area contributed by atoms with Crippen LogP contribution in [0, 0.1) is 5.41 Å². The van der Waals surface area contributed by atoms with Crippen LogP contribution in [0.25, 0.3) is 0 Å². The van der Waals surface area contributed by atoms with Crippen molar-refractivity contribution in [2.24, 2.45) is 10.4 Å². The topological polar surface area (TPSA) is 38.7 Å². The fourth-order valence-corrected chi connectivity index (χ4v) is 3.36. The molecule has 0 aromatic rings. The molecule has 1 aliphatic rings. The van der Waals surface area contributed by atoms with Gasteiger partial charge in [0.15, 0.2) is 0 Å². The lowest BCUT2D eigenvalue weighted by molar-refractivity contribution is -0.152. The van der Waals surface area contributed by atoms with Crippen LogP contribution in [-0.4, -0.2) is 24.3 Å². The predicted octanol–water partition coefficient (Wildman–Crippen LogP) is 6.93. The maximum Gasteiger partial charge on any atom is 0.328 e. The largest absolute Gasteiger partial charge is 0.459 e. The first-order valence-corrected chi connectivity index (χ1v) is 10.5. The van der Waals surface area contributed by atoms with Crippen molar-refractivity contribution in [1.82, 2.24) is 0 Å². The van der Waals surface area contributed by atoms with Gasteiger partial charge in [-0.1, -0.05) is 55.4 Å². The van der Waals surface area contributed by atoms with E-state index < -0.39 is 5.60 Å². The number of esters is 1. The molecular formula is C26H39NO2. The Balaban J connectivity index is 2.59. The Hall–Kier alpha value is -2.16. The van der Waals surface area contributed by atoms with Crippen LogP contribution in [0.2, 0.25) is 0 Å². The van der Waals surface area contributed by atoms with E-state index in [-0.39, 0.29) is 17.9 Å². The SMILES string of the molecule is CC1=C(/C=C/C(C)=C/C=C/C(C)=C/C=NCC(=O)OC(C)(C)C)C(C)(C)CCC1. The minimum Gasteiger partial charge on any atom is -0.459 e. The average Bonchev–Trinajstić information content (AvgIpc) is 2.56. The standard InChI is InChI=1S/C26H39NO2/c1-20(14-15-23-22(3)13-10-17-26(23,7)8)11-9-12-21(2)16-18-27-19-24(28)29-25(4,5)6/h9,11-12,14-16,18H,10,13,17,19H2,1-8H3/b12-9+,15-14+,20-11+,21-16+,27-18?. The van der Waals surface area contributed by atoms with Crippen molar-refractivity contribution in [3.05, 3.63) is 58.7 Å². The van der Waals surface area contributed by atoms with Crippen LogP contribution in [0.5, 0.6) is 0 Å². The molecule has 0 saturated heterocycles. The zero-order chi connectivity index (χ0) is 22.1. The Morgan fingerprint density at radius 3 is 2.41 bits per heavy atom. The van der Waals surface area contributed by atoms with E-state index in [9.17, 15) is 4.79 Å². The van der Waals surface area contributed by atoms with Crippen molar-refractivity contribution >= 4 is 12.2 Å². The number of rotatable bonds is 7. The fourth-order valence-electron chi connectivity index (χ4n) is 3.36. The fraction of sp³-hybridized carbons (Fsp3) is 0.538. The van der Waals surface area contributed by atoms with E-state index >= 15 is 0 Å². The molecule has 0 spiro atoms. The summed E-state index contributed by atoms with van der Waals surface area (Å²) in [6, 6.07) is 0. The molecule has 1 aliphatic carbocycles. The molecule has 0 atom stereocenters. The number of hydrogen-bond acceptors (Lipinski definition) is 3. The summed E-state index contributed by atoms with van der Waals surface area (Å²) >= 11 is 0. The van der Waals surface area contributed by atoms with Gasteiger partial charge in [-0.15, -0.1) is 0 Å². The van der Waals surface area contributed by atoms with Crippen LogP contribution in [0.3, 0.4) is 0 Å². The summed E-state index contributed by atoms with van der Waals surface area (Å²) in [6.07, 6.45) is 18.0. The van der Waals surface area contributed by atoms with Gasteiger partial charge in [-0.3, -0.25) is 9.79 Å². The summed E-state index contributed by atoms with van der Waals surface area (Å²) in [7, 11) is 0. The average molecular weight is 398 g/mol. The summed E-state index contributed by atoms with van der Waals surface area (Å²) in [4.78, 5) is 15.7. The first-order chi connectivity index (χ1) is 13.4. The normalized spacial score (nSPS) is 19.0. The molecule has 29 heavy (non-hydrogen) atoms. The van der Waals surface area contributed by atoms with Gasteiger partial charge in [-0.2, -0.15) is 0 Å². The molecule has 0 N–H and O–H groups in total. The second kappa shape index (κ2) is 11.1. The van der Waals surface area contributed by atoms with Gasteiger partial charge >= 0.3 is 5.97 Å². The number of carbonyl (C=O) groups excluding carboxylic acids is 1. The van der Waals surface area contributed by atoms with E-state index in [0.717, 1.165) is 5.57 Å². The minimum atomic E-state index is -0.471. The van der Waals surface area contributed by atoms with Gasteiger partial charge in [-0.05, 0) is 83.4 Å². The van der Waals surface area contributed by atoms with Crippen LogP contribution in [0.4, 0.5) is 0 Å². The molecule has 0 bridgehead atoms. The van der Waals surface area contributed by atoms with Crippen molar-refractivity contribution in [3.8, 4) is 0 Å². The zero-order valence-corrected chi connectivity index (χ0v) is 19.6. The maximum absolute atomic E-state index is 11.6. The summed E-state index contributed by atoms with van der Waals surface area (Å²) in [5.41, 5.74) is 5.09. The molecule has 0 radical (unpaired) electrons. The lowest BCUT2D eigenvalue weighted by Gasteiger charge is -2.32. The molecule has 0 heterocycles. The van der Waals surface area contributed by atoms with Gasteiger partial charge < -0.3 is 4.74 Å². The van der Waals surface area contributed by atoms with Gasteiger partial charge in [0.2, 0.25) is 0 Å². The predicted molar refractivity (Wildman–Crippen MR) is 125 cm³/mol. The quantitative estimate of drug-likeness (QED) is 0.265. The summed E-state index contributed by atoms with van der Waals surface area (Å²) < 4.78 is 5.22. The lowest BCUT2D eigenvalue weighted by atomic mass is 9.72. The number of hydrogen-bond donors (Lipinski definition) is 0. The Kier molecular flexibility index (Phi) is 9.55. The molecule has 3 nitrogen and oxygen atoms in total. The highest BCUT2D eigenvalue weighted by atomic mass is 16.6. The molecule has 0 fully saturated rings. The van der Waals surface area contributed by atoms with E-state index in [4.69, 9.17) is 4.74 Å². The Morgan fingerprint density at radius 1 is 1.14 bits per heavy atom. The van der Waals surface area contributed by atoms with E-state index in [1.807, 2.05) is 45.9 Å². The highest BCUT2D eigenvalue weighted by molar-refractivity contribution is 5.78. The molecule has 0 aromatic heterocycles. The highest BCUT2D eigenvalue weighted by Crippen LogP contribution is 2.40. The van der Waals surface area contributed by atoms with Crippen molar-refractivity contribution < 1.29 is 9.53 Å². The summed E-state index contributed by atoms with van der Waals surface area (Å²) in [6.45, 7) is 16.7. The van der Waals surface area contributed by atoms with Crippen LogP contribution in [0.1, 0.15) is 74.7 Å². The number of nitrogens with zero attached hydrogens (tertiary/aromatic N) is 1. The van der Waals surface area contributed by atoms with Gasteiger partial charge in [0.25, 0.3) is 0 Å². The Labute approximate surface area is 178 Å². The smallest absolute Gasteiger partial charge is 0.328 e. The minimum absolute atomic E-state index is 0.0419. The monoisotopic (exact) mass is 397 g/mol. The van der Waals surface area contributed by atoms with Crippen molar-refractivity contribution in [2.45, 2.75) is 80.3 Å². The first kappa shape index (κ1) is 24.9. The van der Waals surface area contributed by atoms with Crippen LogP contribution in [0.15, 0.2) is 63.7 Å². The Morgan fingerprint density at radius 2 is 1.79 bits per heavy atom. The van der Waals surface area contributed by atoms with Crippen LogP contribution >= 0.6 is 0 Å². The van der Waals surface area contributed by atoms with Gasteiger partial charge in [-0.25, -0.2) is 0 Å². The lowest BCUT2D eigenvalue weighted by Crippen LogP contribution is -2.25. The molecule has 0 saturated carbocycles. The van der Waals surface area contributed by atoms with Crippen molar-refractivity contribution in [1.29, 1.82) is 0 Å². The third-order valence-electron chi connectivity index (χ3n) is 4.86. The van der Waals surface area contributed by atoms with E-state index in [0.29, 0.717) is 0 Å². The van der Waals surface area contributed by atoms with Gasteiger partial charge in [0.1, 0.15) is 12.1 Å². The van der Waals surface area contributed by atoms with Crippen LogP contribution < -0.4 is 0 Å². The molecule has 3 heteroatoms. The van der Waals surface area contributed by atoms with E-state index in [1.165, 1.54) is 36.0 Å².